The van der Waals surface area contributed by atoms with E-state index in [1.807, 2.05) is 40.2 Å². The largest absolute Gasteiger partial charge is 0.380 e. The molecule has 2 aromatic heterocycles. The summed E-state index contributed by atoms with van der Waals surface area (Å²) in [5, 5.41) is 4.26. The van der Waals surface area contributed by atoms with Gasteiger partial charge >= 0.3 is 0 Å². The third kappa shape index (κ3) is 4.70. The number of anilines is 1. The molecule has 0 aliphatic carbocycles. The van der Waals surface area contributed by atoms with Crippen LogP contribution in [0.25, 0.3) is 0 Å². The predicted octanol–water partition coefficient (Wildman–Crippen LogP) is 2.45. The molecular weight excluding hydrogens is 354 g/mol. The van der Waals surface area contributed by atoms with Gasteiger partial charge in [0.05, 0.1) is 12.2 Å². The highest BCUT2D eigenvalue weighted by Gasteiger charge is 2.24. The van der Waals surface area contributed by atoms with Gasteiger partial charge in [0, 0.05) is 57.9 Å². The smallest absolute Gasteiger partial charge is 0.255 e. The van der Waals surface area contributed by atoms with Crippen molar-refractivity contribution in [2.45, 2.75) is 32.2 Å². The molecule has 0 bridgehead atoms. The Morgan fingerprint density at radius 1 is 1.14 bits per heavy atom. The molecule has 2 aliphatic rings. The molecule has 2 aromatic rings. The zero-order chi connectivity index (χ0) is 19.2. The molecule has 2 fully saturated rings. The number of carbonyl (C=O) groups is 1. The average Bonchev–Trinajstić information content (AvgIpc) is 3.12. The normalized spacial score (nSPS) is 18.9. The monoisotopic (exact) mass is 383 g/mol. The first-order chi connectivity index (χ1) is 13.8. The molecule has 4 rings (SSSR count). The zero-order valence-electron chi connectivity index (χ0n) is 16.4. The Morgan fingerprint density at radius 3 is 2.79 bits per heavy atom. The number of piperidine rings is 1. The minimum Gasteiger partial charge on any atom is -0.380 e. The van der Waals surface area contributed by atoms with Crippen molar-refractivity contribution < 1.29 is 9.53 Å². The van der Waals surface area contributed by atoms with Crippen molar-refractivity contribution in [3.8, 4) is 0 Å². The Morgan fingerprint density at radius 2 is 2.04 bits per heavy atom. The molecule has 0 atom stereocenters. The Kier molecular flexibility index (Phi) is 6.21. The van der Waals surface area contributed by atoms with Crippen LogP contribution in [0, 0.1) is 5.92 Å². The van der Waals surface area contributed by atoms with E-state index in [0.717, 1.165) is 77.4 Å². The van der Waals surface area contributed by atoms with Gasteiger partial charge in [0.2, 0.25) is 0 Å². The van der Waals surface area contributed by atoms with Gasteiger partial charge in [-0.2, -0.15) is 5.10 Å². The van der Waals surface area contributed by atoms with Crippen LogP contribution in [-0.4, -0.2) is 65.0 Å². The van der Waals surface area contributed by atoms with Crippen LogP contribution >= 0.6 is 0 Å². The molecule has 1 amide bonds. The van der Waals surface area contributed by atoms with E-state index >= 15 is 0 Å². The summed E-state index contributed by atoms with van der Waals surface area (Å²) in [5.41, 5.74) is 0.685. The Labute approximate surface area is 166 Å². The third-order valence-corrected chi connectivity index (χ3v) is 5.77. The number of aryl methyl sites for hydroxylation is 1. The van der Waals surface area contributed by atoms with Crippen LogP contribution in [0.5, 0.6) is 0 Å². The van der Waals surface area contributed by atoms with E-state index in [4.69, 9.17) is 4.74 Å². The van der Waals surface area contributed by atoms with Gasteiger partial charge in [-0.05, 0) is 49.8 Å². The lowest BCUT2D eigenvalue weighted by molar-refractivity contribution is 0.0684. The highest BCUT2D eigenvalue weighted by Crippen LogP contribution is 2.23. The highest BCUT2D eigenvalue weighted by atomic mass is 16.5. The SMILES string of the molecule is O=C(c1ccc(N2CCCOCC2)nc1)N1CCC(CCn2cccn2)CC1. The number of carbonyl (C=O) groups excluding carboxylic acids is 1. The highest BCUT2D eigenvalue weighted by molar-refractivity contribution is 5.94. The molecule has 2 saturated heterocycles. The molecule has 0 unspecified atom stereocenters. The van der Waals surface area contributed by atoms with Crippen molar-refractivity contribution in [1.29, 1.82) is 0 Å². The molecule has 2 aliphatic heterocycles. The zero-order valence-corrected chi connectivity index (χ0v) is 16.4. The van der Waals surface area contributed by atoms with Crippen molar-refractivity contribution in [3.63, 3.8) is 0 Å². The van der Waals surface area contributed by atoms with Crippen LogP contribution in [0.3, 0.4) is 0 Å². The van der Waals surface area contributed by atoms with Crippen molar-refractivity contribution in [1.82, 2.24) is 19.7 Å². The van der Waals surface area contributed by atoms with E-state index in [9.17, 15) is 4.79 Å². The Balaban J connectivity index is 1.27. The summed E-state index contributed by atoms with van der Waals surface area (Å²) in [6.45, 7) is 5.96. The lowest BCUT2D eigenvalue weighted by atomic mass is 9.93. The fourth-order valence-electron chi connectivity index (χ4n) is 4.03. The van der Waals surface area contributed by atoms with Crippen LogP contribution in [-0.2, 0) is 11.3 Å². The number of amides is 1. The maximum Gasteiger partial charge on any atom is 0.255 e. The maximum absolute atomic E-state index is 12.8. The molecule has 28 heavy (non-hydrogen) atoms. The first kappa shape index (κ1) is 18.9. The number of likely N-dealkylation sites (tertiary alicyclic amines) is 1. The predicted molar refractivity (Wildman–Crippen MR) is 107 cm³/mol. The Bertz CT molecular complexity index is 731. The number of aromatic nitrogens is 3. The summed E-state index contributed by atoms with van der Waals surface area (Å²) in [7, 11) is 0. The van der Waals surface area contributed by atoms with Gasteiger partial charge in [-0.3, -0.25) is 9.48 Å². The van der Waals surface area contributed by atoms with E-state index < -0.39 is 0 Å². The van der Waals surface area contributed by atoms with Crippen LogP contribution in [0.2, 0.25) is 0 Å². The molecule has 4 heterocycles. The lowest BCUT2D eigenvalue weighted by Crippen LogP contribution is -2.38. The van der Waals surface area contributed by atoms with Crippen LogP contribution in [0.15, 0.2) is 36.8 Å². The molecule has 7 heteroatoms. The Hall–Kier alpha value is -2.41. The van der Waals surface area contributed by atoms with Crippen LogP contribution in [0.1, 0.15) is 36.0 Å². The summed E-state index contributed by atoms with van der Waals surface area (Å²) < 4.78 is 7.49. The summed E-state index contributed by atoms with van der Waals surface area (Å²) in [6, 6.07) is 5.84. The lowest BCUT2D eigenvalue weighted by Gasteiger charge is -2.32. The summed E-state index contributed by atoms with van der Waals surface area (Å²) >= 11 is 0. The molecule has 0 radical (unpaired) electrons. The van der Waals surface area contributed by atoms with E-state index in [2.05, 4.69) is 15.0 Å². The first-order valence-electron chi connectivity index (χ1n) is 10.3. The summed E-state index contributed by atoms with van der Waals surface area (Å²) in [5.74, 6) is 1.70. The standard InChI is InChI=1S/C21H29N5O2/c27-21(19-3-4-20(22-17-19)24-9-2-15-28-16-14-24)25-11-5-18(6-12-25)7-13-26-10-1-8-23-26/h1,3-4,8,10,17-18H,2,5-7,9,11-16H2. The summed E-state index contributed by atoms with van der Waals surface area (Å²) in [4.78, 5) is 21.6. The second-order valence-corrected chi connectivity index (χ2v) is 7.65. The summed E-state index contributed by atoms with van der Waals surface area (Å²) in [6.07, 6.45) is 9.82. The number of hydrogen-bond donors (Lipinski definition) is 0. The second kappa shape index (κ2) is 9.19. The number of pyridine rings is 1. The topological polar surface area (TPSA) is 63.5 Å². The quantitative estimate of drug-likeness (QED) is 0.794. The van der Waals surface area contributed by atoms with Gasteiger partial charge in [0.25, 0.3) is 5.91 Å². The van der Waals surface area contributed by atoms with Gasteiger partial charge in [0.15, 0.2) is 0 Å². The van der Waals surface area contributed by atoms with Crippen molar-refractivity contribution in [2.75, 3.05) is 44.3 Å². The van der Waals surface area contributed by atoms with E-state index in [1.165, 1.54) is 0 Å². The van der Waals surface area contributed by atoms with Crippen molar-refractivity contribution >= 4 is 11.7 Å². The molecule has 0 saturated carbocycles. The minimum absolute atomic E-state index is 0.101. The van der Waals surface area contributed by atoms with Gasteiger partial charge in [-0.15, -0.1) is 0 Å². The second-order valence-electron chi connectivity index (χ2n) is 7.65. The molecular formula is C21H29N5O2. The van der Waals surface area contributed by atoms with Gasteiger partial charge in [0.1, 0.15) is 5.82 Å². The molecule has 0 N–H and O–H groups in total. The fraction of sp³-hybridized carbons (Fsp3) is 0.571. The number of hydrogen-bond acceptors (Lipinski definition) is 5. The molecule has 7 nitrogen and oxygen atoms in total. The van der Waals surface area contributed by atoms with Gasteiger partial charge in [-0.25, -0.2) is 4.98 Å². The van der Waals surface area contributed by atoms with Crippen molar-refractivity contribution in [3.05, 3.63) is 42.4 Å². The van der Waals surface area contributed by atoms with E-state index in [-0.39, 0.29) is 5.91 Å². The fourth-order valence-corrected chi connectivity index (χ4v) is 4.03. The number of ether oxygens (including phenoxy) is 1. The number of nitrogens with zero attached hydrogens (tertiary/aromatic N) is 5. The van der Waals surface area contributed by atoms with E-state index in [0.29, 0.717) is 11.5 Å². The maximum atomic E-state index is 12.8. The molecule has 150 valence electrons. The first-order valence-corrected chi connectivity index (χ1v) is 10.3. The average molecular weight is 383 g/mol. The van der Waals surface area contributed by atoms with Crippen molar-refractivity contribution in [2.24, 2.45) is 5.92 Å². The van der Waals surface area contributed by atoms with Crippen LogP contribution < -0.4 is 4.90 Å². The number of rotatable bonds is 5. The van der Waals surface area contributed by atoms with E-state index in [1.54, 1.807) is 6.20 Å². The van der Waals surface area contributed by atoms with Gasteiger partial charge < -0.3 is 14.5 Å². The molecule has 0 aromatic carbocycles. The molecule has 0 spiro atoms. The van der Waals surface area contributed by atoms with Gasteiger partial charge in [-0.1, -0.05) is 0 Å². The minimum atomic E-state index is 0.101. The third-order valence-electron chi connectivity index (χ3n) is 5.77. The van der Waals surface area contributed by atoms with Crippen LogP contribution in [0.4, 0.5) is 5.82 Å².